The van der Waals surface area contributed by atoms with E-state index in [1.165, 1.54) is 29.8 Å². The number of benzene rings is 2. The van der Waals surface area contributed by atoms with E-state index in [-0.39, 0.29) is 16.4 Å². The number of oxazole rings is 1. The number of hydrogen-bond donors (Lipinski definition) is 2. The van der Waals surface area contributed by atoms with E-state index in [1.54, 1.807) is 26.0 Å². The highest BCUT2D eigenvalue weighted by Gasteiger charge is 2.29. The van der Waals surface area contributed by atoms with Crippen LogP contribution in [-0.2, 0) is 21.9 Å². The predicted octanol–water partition coefficient (Wildman–Crippen LogP) is 3.20. The summed E-state index contributed by atoms with van der Waals surface area (Å²) < 4.78 is 34.7. The first-order valence-corrected chi connectivity index (χ1v) is 11.5. The molecule has 0 radical (unpaired) electrons. The Kier molecular flexibility index (Phi) is 6.38. The summed E-state index contributed by atoms with van der Waals surface area (Å²) in [6.07, 6.45) is 0. The van der Waals surface area contributed by atoms with Crippen LogP contribution in [0.1, 0.15) is 39.2 Å². The summed E-state index contributed by atoms with van der Waals surface area (Å²) in [6, 6.07) is 10.6. The van der Waals surface area contributed by atoms with E-state index in [9.17, 15) is 18.0 Å². The van der Waals surface area contributed by atoms with E-state index in [0.29, 0.717) is 17.1 Å². The summed E-state index contributed by atoms with van der Waals surface area (Å²) in [7, 11) is -2.50. The van der Waals surface area contributed by atoms with Crippen molar-refractivity contribution in [1.29, 1.82) is 0 Å². The first kappa shape index (κ1) is 22.8. The van der Waals surface area contributed by atoms with Crippen LogP contribution < -0.4 is 15.8 Å². The third-order valence-electron chi connectivity index (χ3n) is 5.15. The molecule has 0 aliphatic rings. The average Bonchev–Trinajstić information content (AvgIpc) is 2.99. The minimum atomic E-state index is -4.04. The summed E-state index contributed by atoms with van der Waals surface area (Å²) in [5.74, 6) is -0.974. The number of hydrogen-bond acceptors (Lipinski definition) is 5. The first-order chi connectivity index (χ1) is 14.5. The minimum Gasteiger partial charge on any atom is -0.408 e. The van der Waals surface area contributed by atoms with Gasteiger partial charge in [0.25, 0.3) is 0 Å². The standard InChI is InChI=1S/C22H27N3O5S/c1-13(2)15-6-8-16(9-7-15)23-21(26)20(14(3)4)24-31(28,29)17-10-11-18-19(12-17)30-22(27)25(18)5/h6-14,20,24H,1-5H3,(H,23,26)/t20-/m1/s1. The van der Waals surface area contributed by atoms with Crippen molar-refractivity contribution in [2.75, 3.05) is 5.32 Å². The lowest BCUT2D eigenvalue weighted by Crippen LogP contribution is -2.47. The molecule has 0 aliphatic heterocycles. The number of rotatable bonds is 7. The van der Waals surface area contributed by atoms with Gasteiger partial charge in [-0.3, -0.25) is 9.36 Å². The Labute approximate surface area is 181 Å². The molecule has 3 rings (SSSR count). The summed E-state index contributed by atoms with van der Waals surface area (Å²) in [6.45, 7) is 7.67. The second kappa shape index (κ2) is 8.68. The van der Waals surface area contributed by atoms with Gasteiger partial charge in [0.05, 0.1) is 10.4 Å². The number of aryl methyl sites for hydroxylation is 1. The lowest BCUT2D eigenvalue weighted by Gasteiger charge is -2.22. The fraction of sp³-hybridized carbons (Fsp3) is 0.364. The number of sulfonamides is 1. The second-order valence-corrected chi connectivity index (χ2v) is 9.88. The number of anilines is 1. The molecule has 2 aromatic carbocycles. The van der Waals surface area contributed by atoms with Gasteiger partial charge in [0.15, 0.2) is 5.58 Å². The van der Waals surface area contributed by atoms with Gasteiger partial charge in [-0.25, -0.2) is 13.2 Å². The minimum absolute atomic E-state index is 0.0888. The van der Waals surface area contributed by atoms with Gasteiger partial charge in [-0.05, 0) is 41.7 Å². The molecule has 0 aliphatic carbocycles. The third-order valence-corrected chi connectivity index (χ3v) is 6.59. The van der Waals surface area contributed by atoms with E-state index in [4.69, 9.17) is 4.42 Å². The quantitative estimate of drug-likeness (QED) is 0.580. The fourth-order valence-electron chi connectivity index (χ4n) is 3.18. The maximum absolute atomic E-state index is 12.9. The number of carbonyl (C=O) groups is 1. The van der Waals surface area contributed by atoms with Crippen molar-refractivity contribution in [3.8, 4) is 0 Å². The number of fused-ring (bicyclic) bond motifs is 1. The summed E-state index contributed by atoms with van der Waals surface area (Å²) >= 11 is 0. The molecule has 3 aromatic rings. The smallest absolute Gasteiger partial charge is 0.408 e. The Hall–Kier alpha value is -2.91. The van der Waals surface area contributed by atoms with Crippen LogP contribution in [0.4, 0.5) is 5.69 Å². The highest BCUT2D eigenvalue weighted by molar-refractivity contribution is 7.89. The van der Waals surface area contributed by atoms with Gasteiger partial charge >= 0.3 is 5.76 Å². The van der Waals surface area contributed by atoms with E-state index < -0.39 is 27.7 Å². The fourth-order valence-corrected chi connectivity index (χ4v) is 4.54. The molecule has 8 nitrogen and oxygen atoms in total. The van der Waals surface area contributed by atoms with Gasteiger partial charge in [-0.2, -0.15) is 4.72 Å². The molecule has 166 valence electrons. The molecule has 2 N–H and O–H groups in total. The highest BCUT2D eigenvalue weighted by atomic mass is 32.2. The Balaban J connectivity index is 1.82. The zero-order valence-electron chi connectivity index (χ0n) is 18.2. The molecule has 1 amide bonds. The van der Waals surface area contributed by atoms with Crippen molar-refractivity contribution in [2.24, 2.45) is 13.0 Å². The highest BCUT2D eigenvalue weighted by Crippen LogP contribution is 2.20. The average molecular weight is 446 g/mol. The molecule has 0 saturated carbocycles. The molecule has 0 unspecified atom stereocenters. The molecule has 0 saturated heterocycles. The zero-order valence-corrected chi connectivity index (χ0v) is 19.0. The van der Waals surface area contributed by atoms with Gasteiger partial charge in [-0.15, -0.1) is 0 Å². The number of nitrogens with zero attached hydrogens (tertiary/aromatic N) is 1. The molecule has 0 spiro atoms. The van der Waals surface area contributed by atoms with Crippen molar-refractivity contribution >= 4 is 32.7 Å². The maximum atomic E-state index is 12.9. The van der Waals surface area contributed by atoms with Crippen LogP contribution in [0.2, 0.25) is 0 Å². The molecule has 1 atom stereocenters. The van der Waals surface area contributed by atoms with Crippen molar-refractivity contribution in [1.82, 2.24) is 9.29 Å². The third kappa shape index (κ3) is 4.88. The van der Waals surface area contributed by atoms with Crippen molar-refractivity contribution in [3.63, 3.8) is 0 Å². The van der Waals surface area contributed by atoms with E-state index in [0.717, 1.165) is 5.56 Å². The Morgan fingerprint density at radius 2 is 1.68 bits per heavy atom. The first-order valence-electron chi connectivity index (χ1n) is 10.0. The Morgan fingerprint density at radius 3 is 2.26 bits per heavy atom. The van der Waals surface area contributed by atoms with Crippen LogP contribution in [0.5, 0.6) is 0 Å². The number of aromatic nitrogens is 1. The van der Waals surface area contributed by atoms with Crippen LogP contribution in [-0.4, -0.2) is 24.9 Å². The molecule has 0 fully saturated rings. The molecular weight excluding hydrogens is 418 g/mol. The number of nitrogens with one attached hydrogen (secondary N) is 2. The van der Waals surface area contributed by atoms with Gasteiger partial charge in [0.2, 0.25) is 15.9 Å². The van der Waals surface area contributed by atoms with Crippen molar-refractivity contribution in [2.45, 2.75) is 44.6 Å². The van der Waals surface area contributed by atoms with Gasteiger partial charge in [0, 0.05) is 18.8 Å². The SMILES string of the molecule is CC(C)c1ccc(NC(=O)[C@H](NS(=O)(=O)c2ccc3c(c2)oc(=O)n3C)C(C)C)cc1. The summed E-state index contributed by atoms with van der Waals surface area (Å²) in [4.78, 5) is 24.4. The van der Waals surface area contributed by atoms with Gasteiger partial charge in [0.1, 0.15) is 6.04 Å². The molecule has 1 aromatic heterocycles. The Morgan fingerprint density at radius 1 is 1.03 bits per heavy atom. The number of carbonyl (C=O) groups excluding carboxylic acids is 1. The molecule has 1 heterocycles. The topological polar surface area (TPSA) is 110 Å². The summed E-state index contributed by atoms with van der Waals surface area (Å²) in [5, 5.41) is 2.77. The van der Waals surface area contributed by atoms with Crippen molar-refractivity contribution < 1.29 is 17.6 Å². The van der Waals surface area contributed by atoms with Crippen LogP contribution in [0, 0.1) is 5.92 Å². The van der Waals surface area contributed by atoms with Crippen LogP contribution >= 0.6 is 0 Å². The largest absolute Gasteiger partial charge is 0.419 e. The molecule has 31 heavy (non-hydrogen) atoms. The van der Waals surface area contributed by atoms with Crippen LogP contribution in [0.15, 0.2) is 56.6 Å². The predicted molar refractivity (Wildman–Crippen MR) is 120 cm³/mol. The van der Waals surface area contributed by atoms with E-state index in [2.05, 4.69) is 23.9 Å². The molecular formula is C22H27N3O5S. The van der Waals surface area contributed by atoms with Gasteiger partial charge in [-0.1, -0.05) is 39.8 Å². The van der Waals surface area contributed by atoms with Crippen LogP contribution in [0.25, 0.3) is 11.1 Å². The lowest BCUT2D eigenvalue weighted by atomic mass is 10.0. The van der Waals surface area contributed by atoms with Crippen molar-refractivity contribution in [3.05, 3.63) is 58.6 Å². The summed E-state index contributed by atoms with van der Waals surface area (Å²) in [5.41, 5.74) is 2.37. The molecule has 9 heteroatoms. The lowest BCUT2D eigenvalue weighted by molar-refractivity contribution is -0.118. The normalized spacial score (nSPS) is 13.1. The maximum Gasteiger partial charge on any atom is 0.419 e. The Bertz CT molecular complexity index is 1250. The van der Waals surface area contributed by atoms with E-state index >= 15 is 0 Å². The molecule has 0 bridgehead atoms. The number of amides is 1. The van der Waals surface area contributed by atoms with Gasteiger partial charge < -0.3 is 9.73 Å². The second-order valence-electron chi connectivity index (χ2n) is 8.17. The zero-order chi connectivity index (χ0) is 22.9. The van der Waals surface area contributed by atoms with Crippen LogP contribution in [0.3, 0.4) is 0 Å². The monoisotopic (exact) mass is 445 g/mol. The van der Waals surface area contributed by atoms with E-state index in [1.807, 2.05) is 12.1 Å².